The smallest absolute Gasteiger partial charge is 0.255 e. The molecule has 0 radical (unpaired) electrons. The zero-order chi connectivity index (χ0) is 22.7. The fourth-order valence-electron chi connectivity index (χ4n) is 4.14. The van der Waals surface area contributed by atoms with Gasteiger partial charge in [-0.05, 0) is 68.1 Å². The van der Waals surface area contributed by atoms with Gasteiger partial charge in [-0.3, -0.25) is 9.59 Å². The highest BCUT2D eigenvalue weighted by atomic mass is 16.2. The van der Waals surface area contributed by atoms with Gasteiger partial charge < -0.3 is 15.5 Å². The molecule has 2 amide bonds. The van der Waals surface area contributed by atoms with Crippen molar-refractivity contribution in [3.8, 4) is 0 Å². The molecule has 32 heavy (non-hydrogen) atoms. The predicted octanol–water partition coefficient (Wildman–Crippen LogP) is 4.95. The van der Waals surface area contributed by atoms with E-state index in [1.165, 1.54) is 11.1 Å². The maximum Gasteiger partial charge on any atom is 0.255 e. The Morgan fingerprint density at radius 2 is 1.59 bits per heavy atom. The molecule has 1 heterocycles. The molecule has 2 N–H and O–H groups in total. The largest absolute Gasteiger partial charge is 0.366 e. The van der Waals surface area contributed by atoms with Crippen LogP contribution in [-0.2, 0) is 13.0 Å². The molecule has 1 aliphatic rings. The number of hydrogen-bond acceptors (Lipinski definition) is 3. The molecule has 3 aromatic carbocycles. The molecule has 1 aliphatic heterocycles. The number of carbonyl (C=O) groups excluding carboxylic acids is 2. The third-order valence-corrected chi connectivity index (χ3v) is 5.78. The minimum absolute atomic E-state index is 0.0163. The van der Waals surface area contributed by atoms with Crippen LogP contribution in [0.4, 0.5) is 11.4 Å². The predicted molar refractivity (Wildman–Crippen MR) is 129 cm³/mol. The first kappa shape index (κ1) is 21.6. The monoisotopic (exact) mass is 427 g/mol. The van der Waals surface area contributed by atoms with Crippen LogP contribution >= 0.6 is 0 Å². The Kier molecular flexibility index (Phi) is 6.26. The number of rotatable bonds is 5. The van der Waals surface area contributed by atoms with E-state index in [9.17, 15) is 9.59 Å². The summed E-state index contributed by atoms with van der Waals surface area (Å²) in [4.78, 5) is 28.1. The van der Waals surface area contributed by atoms with Gasteiger partial charge in [-0.25, -0.2) is 0 Å². The van der Waals surface area contributed by atoms with Crippen LogP contribution in [0.3, 0.4) is 0 Å². The molecule has 0 spiro atoms. The van der Waals surface area contributed by atoms with Crippen LogP contribution in [0.15, 0.2) is 66.7 Å². The quantitative estimate of drug-likeness (QED) is 0.606. The molecule has 0 fully saturated rings. The lowest BCUT2D eigenvalue weighted by Crippen LogP contribution is -2.35. The Labute approximate surface area is 189 Å². The number of carbonyl (C=O) groups is 2. The second-order valence-corrected chi connectivity index (χ2v) is 8.57. The molecule has 5 heteroatoms. The highest BCUT2D eigenvalue weighted by molar-refractivity contribution is 6.07. The third kappa shape index (κ3) is 4.67. The van der Waals surface area contributed by atoms with Gasteiger partial charge in [-0.15, -0.1) is 0 Å². The summed E-state index contributed by atoms with van der Waals surface area (Å²) < 4.78 is 0. The molecule has 0 saturated heterocycles. The standard InChI is InChI=1S/C27H29N3O2/c1-18(2)28-27(32)24-16-22(29-26(31)23-11-7-4-8-19(23)3)12-13-25(24)30-15-14-20-9-5-6-10-21(20)17-30/h4-13,16,18H,14-15,17H2,1-3H3,(H,28,32)(H,29,31). The van der Waals surface area contributed by atoms with Gasteiger partial charge in [0, 0.05) is 36.1 Å². The highest BCUT2D eigenvalue weighted by Crippen LogP contribution is 2.30. The summed E-state index contributed by atoms with van der Waals surface area (Å²) in [5, 5.41) is 5.96. The van der Waals surface area contributed by atoms with Crippen molar-refractivity contribution in [3.63, 3.8) is 0 Å². The number of hydrogen-bond donors (Lipinski definition) is 2. The van der Waals surface area contributed by atoms with Crippen molar-refractivity contribution in [3.05, 3.63) is 94.5 Å². The van der Waals surface area contributed by atoms with Crippen LogP contribution in [0.25, 0.3) is 0 Å². The van der Waals surface area contributed by atoms with Gasteiger partial charge in [-0.2, -0.15) is 0 Å². The van der Waals surface area contributed by atoms with Crippen molar-refractivity contribution >= 4 is 23.2 Å². The van der Waals surface area contributed by atoms with Crippen LogP contribution in [0.2, 0.25) is 0 Å². The molecular formula is C27H29N3O2. The molecule has 0 atom stereocenters. The molecule has 3 aromatic rings. The zero-order valence-electron chi connectivity index (χ0n) is 18.8. The molecule has 164 valence electrons. The van der Waals surface area contributed by atoms with Crippen molar-refractivity contribution in [2.45, 2.75) is 39.8 Å². The minimum atomic E-state index is -0.182. The Morgan fingerprint density at radius 3 is 2.34 bits per heavy atom. The van der Waals surface area contributed by atoms with E-state index < -0.39 is 0 Å². The maximum atomic E-state index is 13.1. The SMILES string of the molecule is Cc1ccccc1C(=O)Nc1ccc(N2CCc3ccccc3C2)c(C(=O)NC(C)C)c1. The van der Waals surface area contributed by atoms with Gasteiger partial charge >= 0.3 is 0 Å². The van der Waals surface area contributed by atoms with Gasteiger partial charge in [0.1, 0.15) is 0 Å². The van der Waals surface area contributed by atoms with E-state index in [1.54, 1.807) is 12.1 Å². The van der Waals surface area contributed by atoms with Gasteiger partial charge in [0.05, 0.1) is 5.56 Å². The number of anilines is 2. The van der Waals surface area contributed by atoms with Crippen molar-refractivity contribution < 1.29 is 9.59 Å². The number of nitrogens with zero attached hydrogens (tertiary/aromatic N) is 1. The van der Waals surface area contributed by atoms with Gasteiger partial charge in [0.25, 0.3) is 11.8 Å². The Morgan fingerprint density at radius 1 is 0.875 bits per heavy atom. The number of nitrogens with one attached hydrogen (secondary N) is 2. The van der Waals surface area contributed by atoms with Crippen LogP contribution in [0, 0.1) is 6.92 Å². The molecule has 4 rings (SSSR count). The van der Waals surface area contributed by atoms with Gasteiger partial charge in [0.2, 0.25) is 0 Å². The van der Waals surface area contributed by atoms with E-state index in [-0.39, 0.29) is 17.9 Å². The fourth-order valence-corrected chi connectivity index (χ4v) is 4.14. The first-order chi connectivity index (χ1) is 15.4. The van der Waals surface area contributed by atoms with E-state index in [0.29, 0.717) is 16.8 Å². The topological polar surface area (TPSA) is 61.4 Å². The average molecular weight is 428 g/mol. The van der Waals surface area contributed by atoms with Gasteiger partial charge in [0.15, 0.2) is 0 Å². The summed E-state index contributed by atoms with van der Waals surface area (Å²) in [7, 11) is 0. The van der Waals surface area contributed by atoms with Gasteiger partial charge in [-0.1, -0.05) is 42.5 Å². The maximum absolute atomic E-state index is 13.1. The molecule has 0 aliphatic carbocycles. The molecular weight excluding hydrogens is 398 g/mol. The van der Waals surface area contributed by atoms with E-state index in [2.05, 4.69) is 39.8 Å². The van der Waals surface area contributed by atoms with E-state index in [0.717, 1.165) is 30.8 Å². The second kappa shape index (κ2) is 9.27. The first-order valence-corrected chi connectivity index (χ1v) is 11.1. The number of fused-ring (bicyclic) bond motifs is 1. The summed E-state index contributed by atoms with van der Waals surface area (Å²) in [5.74, 6) is -0.321. The summed E-state index contributed by atoms with van der Waals surface area (Å²) in [6.45, 7) is 7.39. The van der Waals surface area contributed by atoms with Crippen molar-refractivity contribution in [1.29, 1.82) is 0 Å². The van der Waals surface area contributed by atoms with Crippen molar-refractivity contribution in [2.24, 2.45) is 0 Å². The molecule has 5 nitrogen and oxygen atoms in total. The summed E-state index contributed by atoms with van der Waals surface area (Å²) in [5.41, 5.74) is 6.23. The fraction of sp³-hybridized carbons (Fsp3) is 0.259. The second-order valence-electron chi connectivity index (χ2n) is 8.57. The molecule has 0 saturated carbocycles. The number of benzene rings is 3. The van der Waals surface area contributed by atoms with Crippen LogP contribution in [0.5, 0.6) is 0 Å². The first-order valence-electron chi connectivity index (χ1n) is 11.1. The van der Waals surface area contributed by atoms with Crippen LogP contribution < -0.4 is 15.5 Å². The van der Waals surface area contributed by atoms with E-state index in [4.69, 9.17) is 0 Å². The molecule has 0 bridgehead atoms. The molecule has 0 unspecified atom stereocenters. The lowest BCUT2D eigenvalue weighted by Gasteiger charge is -2.32. The normalized spacial score (nSPS) is 12.9. The van der Waals surface area contributed by atoms with E-state index >= 15 is 0 Å². The molecule has 0 aromatic heterocycles. The lowest BCUT2D eigenvalue weighted by atomic mass is 9.98. The number of amides is 2. The summed E-state index contributed by atoms with van der Waals surface area (Å²) in [6, 6.07) is 21.5. The van der Waals surface area contributed by atoms with Crippen LogP contribution in [0.1, 0.15) is 51.3 Å². The Balaban J connectivity index is 1.64. The minimum Gasteiger partial charge on any atom is -0.366 e. The highest BCUT2D eigenvalue weighted by Gasteiger charge is 2.22. The van der Waals surface area contributed by atoms with Crippen molar-refractivity contribution in [1.82, 2.24) is 5.32 Å². The summed E-state index contributed by atoms with van der Waals surface area (Å²) in [6.07, 6.45) is 0.938. The zero-order valence-corrected chi connectivity index (χ0v) is 18.8. The Hall–Kier alpha value is -3.60. The number of aryl methyl sites for hydroxylation is 1. The third-order valence-electron chi connectivity index (χ3n) is 5.78. The van der Waals surface area contributed by atoms with E-state index in [1.807, 2.05) is 51.1 Å². The Bertz CT molecular complexity index is 1150. The van der Waals surface area contributed by atoms with Crippen LogP contribution in [-0.4, -0.2) is 24.4 Å². The summed E-state index contributed by atoms with van der Waals surface area (Å²) >= 11 is 0. The lowest BCUT2D eigenvalue weighted by molar-refractivity contribution is 0.0942. The van der Waals surface area contributed by atoms with Crippen molar-refractivity contribution in [2.75, 3.05) is 16.8 Å². The average Bonchev–Trinajstić information content (AvgIpc) is 2.78.